The highest BCUT2D eigenvalue weighted by atomic mass is 35.5. The Morgan fingerprint density at radius 2 is 2.06 bits per heavy atom. The van der Waals surface area contributed by atoms with E-state index < -0.39 is 5.82 Å². The van der Waals surface area contributed by atoms with Gasteiger partial charge >= 0.3 is 0 Å². The molecule has 31 heavy (non-hydrogen) atoms. The van der Waals surface area contributed by atoms with Crippen molar-refractivity contribution in [2.45, 2.75) is 45.1 Å². The summed E-state index contributed by atoms with van der Waals surface area (Å²) in [5.41, 5.74) is 2.20. The molecule has 1 fully saturated rings. The van der Waals surface area contributed by atoms with Crippen LogP contribution in [0.3, 0.4) is 0 Å². The number of rotatable bonds is 3. The van der Waals surface area contributed by atoms with Gasteiger partial charge in [-0.1, -0.05) is 18.0 Å². The first-order valence-electron chi connectivity index (χ1n) is 10.8. The average Bonchev–Trinajstić information content (AvgIpc) is 2.97. The van der Waals surface area contributed by atoms with E-state index in [9.17, 15) is 9.18 Å². The number of aromatic nitrogens is 4. The van der Waals surface area contributed by atoms with Crippen LogP contribution in [0, 0.1) is 11.7 Å². The predicted octanol–water partition coefficient (Wildman–Crippen LogP) is 4.20. The molecule has 3 aromatic rings. The number of piperidine rings is 1. The summed E-state index contributed by atoms with van der Waals surface area (Å²) in [4.78, 5) is 29.0. The number of hydrogen-bond donors (Lipinski definition) is 1. The van der Waals surface area contributed by atoms with Crippen LogP contribution in [0.15, 0.2) is 24.5 Å². The van der Waals surface area contributed by atoms with Crippen LogP contribution in [0.1, 0.15) is 37.9 Å². The van der Waals surface area contributed by atoms with E-state index >= 15 is 0 Å². The molecule has 0 aliphatic carbocycles. The highest BCUT2D eigenvalue weighted by Gasteiger charge is 2.29. The third kappa shape index (κ3) is 3.96. The van der Waals surface area contributed by atoms with E-state index in [4.69, 9.17) is 16.6 Å². The van der Waals surface area contributed by atoms with Gasteiger partial charge < -0.3 is 14.8 Å². The van der Waals surface area contributed by atoms with Crippen LogP contribution in [-0.4, -0.2) is 38.5 Å². The fourth-order valence-corrected chi connectivity index (χ4v) is 4.74. The van der Waals surface area contributed by atoms with Gasteiger partial charge in [-0.25, -0.2) is 19.3 Å². The fourth-order valence-electron chi connectivity index (χ4n) is 4.56. The molecule has 7 nitrogen and oxygen atoms in total. The van der Waals surface area contributed by atoms with Gasteiger partial charge in [0.2, 0.25) is 5.91 Å². The Hall–Kier alpha value is -2.74. The minimum Gasteiger partial charge on any atom is -0.354 e. The number of benzene rings is 1. The summed E-state index contributed by atoms with van der Waals surface area (Å²) in [6, 6.07) is 4.21. The molecule has 0 saturated carbocycles. The number of anilines is 2. The van der Waals surface area contributed by atoms with Crippen molar-refractivity contribution in [2.75, 3.05) is 23.3 Å². The number of fused-ring (bicyclic) bond motifs is 3. The molecule has 2 aromatic heterocycles. The fraction of sp³-hybridized carbons (Fsp3) is 0.455. The molecule has 162 valence electrons. The van der Waals surface area contributed by atoms with E-state index in [1.165, 1.54) is 24.6 Å². The third-order valence-electron chi connectivity index (χ3n) is 6.15. The Labute approximate surface area is 184 Å². The lowest BCUT2D eigenvalue weighted by atomic mass is 9.97. The summed E-state index contributed by atoms with van der Waals surface area (Å²) >= 11 is 5.84. The van der Waals surface area contributed by atoms with E-state index in [0.717, 1.165) is 68.0 Å². The zero-order valence-electron chi connectivity index (χ0n) is 17.2. The Kier molecular flexibility index (Phi) is 5.48. The van der Waals surface area contributed by atoms with Gasteiger partial charge in [0.05, 0.1) is 10.9 Å². The van der Waals surface area contributed by atoms with E-state index in [2.05, 4.69) is 24.8 Å². The summed E-state index contributed by atoms with van der Waals surface area (Å²) in [7, 11) is 0. The van der Waals surface area contributed by atoms with Crippen molar-refractivity contribution in [2.24, 2.45) is 5.92 Å². The molecule has 9 heteroatoms. The second-order valence-electron chi connectivity index (χ2n) is 8.26. The number of halogens is 2. The van der Waals surface area contributed by atoms with Crippen molar-refractivity contribution in [1.29, 1.82) is 0 Å². The third-order valence-corrected chi connectivity index (χ3v) is 6.44. The molecule has 0 radical (unpaired) electrons. The maximum Gasteiger partial charge on any atom is 0.229 e. The Bertz CT molecular complexity index is 1130. The summed E-state index contributed by atoms with van der Waals surface area (Å²) in [6.45, 7) is 2.31. The zero-order chi connectivity index (χ0) is 21.4. The zero-order valence-corrected chi connectivity index (χ0v) is 17.9. The van der Waals surface area contributed by atoms with Gasteiger partial charge in [0.1, 0.15) is 18.0 Å². The van der Waals surface area contributed by atoms with Gasteiger partial charge in [-0.3, -0.25) is 4.79 Å². The lowest BCUT2D eigenvalue weighted by Crippen LogP contribution is -2.41. The first kappa shape index (κ1) is 20.2. The van der Waals surface area contributed by atoms with Crippen molar-refractivity contribution in [3.05, 3.63) is 41.2 Å². The minimum absolute atomic E-state index is 0.00834. The number of hydrogen-bond acceptors (Lipinski definition) is 5. The van der Waals surface area contributed by atoms with Crippen molar-refractivity contribution in [1.82, 2.24) is 19.5 Å². The number of amides is 1. The molecule has 1 atom stereocenters. The molecule has 4 heterocycles. The molecule has 0 spiro atoms. The largest absolute Gasteiger partial charge is 0.354 e. The molecule has 2 aliphatic heterocycles. The highest BCUT2D eigenvalue weighted by Crippen LogP contribution is 2.30. The smallest absolute Gasteiger partial charge is 0.229 e. The van der Waals surface area contributed by atoms with Crippen molar-refractivity contribution in [3.63, 3.8) is 0 Å². The number of nitrogens with zero attached hydrogens (tertiary/aromatic N) is 5. The molecule has 1 aromatic carbocycles. The second-order valence-corrected chi connectivity index (χ2v) is 8.67. The van der Waals surface area contributed by atoms with Crippen molar-refractivity contribution in [3.8, 4) is 0 Å². The van der Waals surface area contributed by atoms with Gasteiger partial charge in [-0.15, -0.1) is 0 Å². The van der Waals surface area contributed by atoms with Gasteiger partial charge in [0.15, 0.2) is 17.0 Å². The molecule has 1 unspecified atom stereocenters. The Morgan fingerprint density at radius 1 is 1.16 bits per heavy atom. The average molecular weight is 443 g/mol. The molecule has 1 amide bonds. The minimum atomic E-state index is -0.505. The van der Waals surface area contributed by atoms with Crippen LogP contribution in [0.2, 0.25) is 5.02 Å². The van der Waals surface area contributed by atoms with E-state index in [1.54, 1.807) is 6.33 Å². The summed E-state index contributed by atoms with van der Waals surface area (Å²) in [5.74, 6) is 1.07. The van der Waals surface area contributed by atoms with Gasteiger partial charge in [-0.05, 0) is 43.9 Å². The lowest BCUT2D eigenvalue weighted by molar-refractivity contribution is -0.120. The molecule has 1 saturated heterocycles. The first-order chi connectivity index (χ1) is 15.1. The number of nitrogens with one attached hydrogen (secondary N) is 1. The van der Waals surface area contributed by atoms with Crippen LogP contribution in [0.4, 0.5) is 15.9 Å². The maximum atomic E-state index is 13.4. The van der Waals surface area contributed by atoms with Crippen LogP contribution in [0.5, 0.6) is 0 Å². The summed E-state index contributed by atoms with van der Waals surface area (Å²) in [5, 5.41) is 2.86. The van der Waals surface area contributed by atoms with E-state index in [1.807, 2.05) is 0 Å². The quantitative estimate of drug-likeness (QED) is 0.657. The molecule has 0 bridgehead atoms. The van der Waals surface area contributed by atoms with Crippen LogP contribution in [-0.2, 0) is 17.8 Å². The van der Waals surface area contributed by atoms with E-state index in [-0.39, 0.29) is 16.8 Å². The van der Waals surface area contributed by atoms with E-state index in [0.29, 0.717) is 12.2 Å². The first-order valence-corrected chi connectivity index (χ1v) is 11.2. The number of carbonyl (C=O) groups is 1. The molecule has 5 rings (SSSR count). The van der Waals surface area contributed by atoms with Gasteiger partial charge in [0.25, 0.3) is 0 Å². The second kappa shape index (κ2) is 8.42. The molecular formula is C22H24ClFN6O. The highest BCUT2D eigenvalue weighted by molar-refractivity contribution is 6.31. The predicted molar refractivity (Wildman–Crippen MR) is 118 cm³/mol. The standard InChI is InChI=1S/C22H24ClFN6O/c23-16-11-15(7-8-17(16)24)27-22(31)14-5-4-9-29(12-14)20-19-21(26-13-25-20)30-10-3-1-2-6-18(30)28-19/h7-8,11,13-14H,1-6,9-10,12H2,(H,27,31). The SMILES string of the molecule is O=C(Nc1ccc(F)c(Cl)c1)C1CCCN(c2ncnc3c2nc2n3CCCCC2)C1. The number of imidazole rings is 1. The lowest BCUT2D eigenvalue weighted by Gasteiger charge is -2.32. The van der Waals surface area contributed by atoms with Crippen molar-refractivity contribution < 1.29 is 9.18 Å². The molecular weight excluding hydrogens is 419 g/mol. The Balaban J connectivity index is 1.37. The van der Waals surface area contributed by atoms with Crippen LogP contribution in [0.25, 0.3) is 11.2 Å². The van der Waals surface area contributed by atoms with Crippen LogP contribution >= 0.6 is 11.6 Å². The number of carbonyl (C=O) groups excluding carboxylic acids is 1. The molecule has 1 N–H and O–H groups in total. The number of aryl methyl sites for hydroxylation is 2. The topological polar surface area (TPSA) is 75.9 Å². The normalized spacial score (nSPS) is 19.2. The monoisotopic (exact) mass is 442 g/mol. The van der Waals surface area contributed by atoms with Crippen molar-refractivity contribution >= 4 is 40.2 Å². The van der Waals surface area contributed by atoms with Gasteiger partial charge in [0, 0.05) is 31.7 Å². The van der Waals surface area contributed by atoms with Crippen LogP contribution < -0.4 is 10.2 Å². The molecule has 2 aliphatic rings. The van der Waals surface area contributed by atoms with Gasteiger partial charge in [-0.2, -0.15) is 0 Å². The summed E-state index contributed by atoms with van der Waals surface area (Å²) in [6.07, 6.45) is 7.71. The maximum absolute atomic E-state index is 13.4. The Morgan fingerprint density at radius 3 is 2.94 bits per heavy atom. The summed E-state index contributed by atoms with van der Waals surface area (Å²) < 4.78 is 15.6.